The summed E-state index contributed by atoms with van der Waals surface area (Å²) < 4.78 is 13.5. The molecule has 2 heterocycles. The van der Waals surface area contributed by atoms with Crippen LogP contribution in [0.15, 0.2) is 86.6 Å². The minimum atomic E-state index is -0.359. The van der Waals surface area contributed by atoms with E-state index in [2.05, 4.69) is 0 Å². The Kier molecular flexibility index (Phi) is 5.49. The van der Waals surface area contributed by atoms with Gasteiger partial charge in [0.25, 0.3) is 5.91 Å². The maximum Gasteiger partial charge on any atom is 0.274 e. The molecule has 0 bridgehead atoms. The molecule has 3 aromatic rings. The third-order valence-electron chi connectivity index (χ3n) is 5.11. The Morgan fingerprint density at radius 1 is 0.969 bits per heavy atom. The summed E-state index contributed by atoms with van der Waals surface area (Å²) in [6.07, 6.45) is 0. The van der Waals surface area contributed by atoms with Gasteiger partial charge in [0.2, 0.25) is 0 Å². The van der Waals surface area contributed by atoms with Crippen LogP contribution >= 0.6 is 35.1 Å². The topological polar surface area (TPSA) is 35.9 Å². The third kappa shape index (κ3) is 3.81. The number of nitrogens with zero attached hydrogens (tertiary/aromatic N) is 3. The monoisotopic (exact) mass is 481 g/mol. The van der Waals surface area contributed by atoms with Gasteiger partial charge in [-0.15, -0.1) is 0 Å². The normalized spacial score (nSPS) is 19.2. The van der Waals surface area contributed by atoms with Gasteiger partial charge < -0.3 is 4.90 Å². The standard InChI is InChI=1S/C24H17ClFN3OS2/c1-14-3-8-17(9-4-14)27-24-29(18-10-6-16(26)7-11-18)22(30)21(32-24)23-28(2)19-13-15(25)5-12-20(19)31-23/h3-13H,1-2H3/b23-21-,27-24?. The van der Waals surface area contributed by atoms with E-state index in [4.69, 9.17) is 16.6 Å². The summed E-state index contributed by atoms with van der Waals surface area (Å²) in [5.41, 5.74) is 3.39. The number of fused-ring (bicyclic) bond motifs is 1. The van der Waals surface area contributed by atoms with E-state index in [1.807, 2.05) is 61.3 Å². The minimum absolute atomic E-state index is 0.194. The molecule has 0 aliphatic carbocycles. The van der Waals surface area contributed by atoms with Crippen LogP contribution in [0.25, 0.3) is 0 Å². The van der Waals surface area contributed by atoms with E-state index in [9.17, 15) is 9.18 Å². The summed E-state index contributed by atoms with van der Waals surface area (Å²) in [5.74, 6) is -0.553. The van der Waals surface area contributed by atoms with Crippen molar-refractivity contribution in [2.75, 3.05) is 16.8 Å². The maximum absolute atomic E-state index is 13.6. The average Bonchev–Trinajstić information content (AvgIpc) is 3.27. The minimum Gasteiger partial charge on any atom is -0.337 e. The van der Waals surface area contributed by atoms with Crippen molar-refractivity contribution < 1.29 is 9.18 Å². The van der Waals surface area contributed by atoms with Gasteiger partial charge in [0, 0.05) is 17.0 Å². The summed E-state index contributed by atoms with van der Waals surface area (Å²) in [4.78, 5) is 23.5. The summed E-state index contributed by atoms with van der Waals surface area (Å²) in [6.45, 7) is 2.01. The molecule has 0 atom stereocenters. The first-order valence-electron chi connectivity index (χ1n) is 9.79. The fourth-order valence-electron chi connectivity index (χ4n) is 3.44. The van der Waals surface area contributed by atoms with E-state index in [0.717, 1.165) is 26.9 Å². The zero-order chi connectivity index (χ0) is 22.4. The third-order valence-corrected chi connectivity index (χ3v) is 7.74. The van der Waals surface area contributed by atoms with Crippen molar-refractivity contribution in [3.8, 4) is 0 Å². The number of thioether (sulfide) groups is 2. The second-order valence-corrected chi connectivity index (χ2v) is 9.80. The number of benzene rings is 3. The summed E-state index contributed by atoms with van der Waals surface area (Å²) in [6, 6.07) is 19.3. The number of hydrogen-bond acceptors (Lipinski definition) is 5. The van der Waals surface area contributed by atoms with Gasteiger partial charge in [-0.3, -0.25) is 9.69 Å². The van der Waals surface area contributed by atoms with Crippen LogP contribution in [0.1, 0.15) is 5.56 Å². The van der Waals surface area contributed by atoms with Gasteiger partial charge in [-0.05, 0) is 73.3 Å². The highest BCUT2D eigenvalue weighted by Crippen LogP contribution is 2.51. The van der Waals surface area contributed by atoms with Crippen molar-refractivity contribution in [2.24, 2.45) is 4.99 Å². The molecule has 2 aliphatic rings. The molecule has 0 unspecified atom stereocenters. The molecule has 32 heavy (non-hydrogen) atoms. The Balaban J connectivity index is 1.60. The van der Waals surface area contributed by atoms with Crippen molar-refractivity contribution in [3.05, 3.63) is 93.1 Å². The van der Waals surface area contributed by atoms with Gasteiger partial charge in [0.1, 0.15) is 10.7 Å². The number of anilines is 2. The lowest BCUT2D eigenvalue weighted by Gasteiger charge is -2.17. The average molecular weight is 482 g/mol. The lowest BCUT2D eigenvalue weighted by Crippen LogP contribution is -2.29. The number of hydrogen-bond donors (Lipinski definition) is 0. The predicted octanol–water partition coefficient (Wildman–Crippen LogP) is 6.97. The molecule has 1 amide bonds. The molecule has 0 saturated carbocycles. The van der Waals surface area contributed by atoms with E-state index in [1.165, 1.54) is 40.6 Å². The summed E-state index contributed by atoms with van der Waals surface area (Å²) >= 11 is 9.03. The van der Waals surface area contributed by atoms with Gasteiger partial charge >= 0.3 is 0 Å². The molecule has 5 rings (SSSR count). The molecule has 0 aromatic heterocycles. The molecule has 160 valence electrons. The van der Waals surface area contributed by atoms with Crippen LogP contribution in [0.3, 0.4) is 0 Å². The first-order chi connectivity index (χ1) is 15.4. The van der Waals surface area contributed by atoms with E-state index in [-0.39, 0.29) is 11.7 Å². The maximum atomic E-state index is 13.6. The first-order valence-corrected chi connectivity index (χ1v) is 11.8. The fraction of sp³-hybridized carbons (Fsp3) is 0.0833. The first kappa shape index (κ1) is 21.1. The molecule has 1 saturated heterocycles. The lowest BCUT2D eigenvalue weighted by atomic mass is 10.2. The van der Waals surface area contributed by atoms with Crippen molar-refractivity contribution in [3.63, 3.8) is 0 Å². The molecule has 1 fully saturated rings. The lowest BCUT2D eigenvalue weighted by molar-refractivity contribution is -0.113. The van der Waals surface area contributed by atoms with Gasteiger partial charge in [-0.1, -0.05) is 41.1 Å². The highest BCUT2D eigenvalue weighted by molar-refractivity contribution is 8.20. The number of aliphatic imine (C=N–C) groups is 1. The summed E-state index contributed by atoms with van der Waals surface area (Å²) in [5, 5.41) is 1.98. The van der Waals surface area contributed by atoms with Crippen molar-refractivity contribution in [1.29, 1.82) is 0 Å². The van der Waals surface area contributed by atoms with Crippen LogP contribution in [-0.2, 0) is 4.79 Å². The van der Waals surface area contributed by atoms with Crippen molar-refractivity contribution in [1.82, 2.24) is 0 Å². The molecule has 0 radical (unpaired) electrons. The number of amides is 1. The van der Waals surface area contributed by atoms with Crippen molar-refractivity contribution in [2.45, 2.75) is 11.8 Å². The molecule has 2 aliphatic heterocycles. The Bertz CT molecular complexity index is 1290. The molecular weight excluding hydrogens is 465 g/mol. The number of amidine groups is 1. The Hall–Kier alpha value is -2.74. The van der Waals surface area contributed by atoms with E-state index in [0.29, 0.717) is 20.8 Å². The van der Waals surface area contributed by atoms with E-state index >= 15 is 0 Å². The number of halogens is 2. The van der Waals surface area contributed by atoms with Crippen LogP contribution in [0.2, 0.25) is 5.02 Å². The zero-order valence-electron chi connectivity index (χ0n) is 17.2. The van der Waals surface area contributed by atoms with Crippen LogP contribution in [0.5, 0.6) is 0 Å². The van der Waals surface area contributed by atoms with Crippen LogP contribution in [0, 0.1) is 12.7 Å². The van der Waals surface area contributed by atoms with E-state index < -0.39 is 0 Å². The molecule has 8 heteroatoms. The number of aryl methyl sites for hydroxylation is 1. The molecule has 0 N–H and O–H groups in total. The second kappa shape index (κ2) is 8.31. The molecule has 3 aromatic carbocycles. The Morgan fingerprint density at radius 3 is 2.41 bits per heavy atom. The van der Waals surface area contributed by atoms with Crippen LogP contribution < -0.4 is 9.80 Å². The van der Waals surface area contributed by atoms with Crippen molar-refractivity contribution >= 4 is 63.3 Å². The van der Waals surface area contributed by atoms with E-state index in [1.54, 1.807) is 12.1 Å². The number of carbonyl (C=O) groups excluding carboxylic acids is 1. The SMILES string of the molecule is Cc1ccc(N=C2S/C(=C3\Sc4ccc(Cl)cc4N3C)C(=O)N2c2ccc(F)cc2)cc1. The van der Waals surface area contributed by atoms with Crippen LogP contribution in [-0.4, -0.2) is 18.1 Å². The number of carbonyl (C=O) groups is 1. The summed E-state index contributed by atoms with van der Waals surface area (Å²) in [7, 11) is 1.92. The highest BCUT2D eigenvalue weighted by Gasteiger charge is 2.40. The fourth-order valence-corrected chi connectivity index (χ4v) is 5.94. The highest BCUT2D eigenvalue weighted by atomic mass is 35.5. The largest absolute Gasteiger partial charge is 0.337 e. The number of rotatable bonds is 2. The predicted molar refractivity (Wildman–Crippen MR) is 132 cm³/mol. The molecule has 0 spiro atoms. The van der Waals surface area contributed by atoms with Gasteiger partial charge in [-0.2, -0.15) is 0 Å². The zero-order valence-corrected chi connectivity index (χ0v) is 19.6. The van der Waals surface area contributed by atoms with Crippen LogP contribution in [0.4, 0.5) is 21.5 Å². The molecular formula is C24H17ClFN3OS2. The Morgan fingerprint density at radius 2 is 1.69 bits per heavy atom. The quantitative estimate of drug-likeness (QED) is 0.370. The van der Waals surface area contributed by atoms with Gasteiger partial charge in [0.15, 0.2) is 5.17 Å². The van der Waals surface area contributed by atoms with Gasteiger partial charge in [-0.25, -0.2) is 9.38 Å². The Labute approximate surface area is 198 Å². The second-order valence-electron chi connectivity index (χ2n) is 7.36. The smallest absolute Gasteiger partial charge is 0.274 e. The molecule has 4 nitrogen and oxygen atoms in total. The van der Waals surface area contributed by atoms with Gasteiger partial charge in [0.05, 0.1) is 22.1 Å².